The van der Waals surface area contributed by atoms with Crippen molar-refractivity contribution in [3.63, 3.8) is 0 Å². The van der Waals surface area contributed by atoms with Crippen molar-refractivity contribution in [2.45, 2.75) is 0 Å². The lowest BCUT2D eigenvalue weighted by Gasteiger charge is -2.13. The molecule has 0 aliphatic heterocycles. The molecule has 0 saturated heterocycles. The Labute approximate surface area is 85.2 Å². The Morgan fingerprint density at radius 1 is 1.29 bits per heavy atom. The van der Waals surface area contributed by atoms with Gasteiger partial charge in [-0.3, -0.25) is 4.18 Å². The van der Waals surface area contributed by atoms with Crippen LogP contribution in [0.25, 0.3) is 0 Å². The molecule has 0 rings (SSSR count). The van der Waals surface area contributed by atoms with Gasteiger partial charge < -0.3 is 4.57 Å². The maximum absolute atomic E-state index is 12.0. The molecule has 0 unspecified atom stereocenters. The molecular weight excluding hydrogens is 223 g/mol. The van der Waals surface area contributed by atoms with Crippen LogP contribution in [0, 0.1) is 0 Å². The van der Waals surface area contributed by atoms with Crippen LogP contribution in [0.15, 0.2) is 25.3 Å². The molecular formula is C8H15O4PS. The molecule has 0 aromatic rings. The summed E-state index contributed by atoms with van der Waals surface area (Å²) in [6.07, 6.45) is 3.27. The molecule has 0 radical (unpaired) electrons. The molecule has 0 aliphatic rings. The van der Waals surface area contributed by atoms with Crippen LogP contribution >= 0.6 is 7.14 Å². The molecule has 0 bridgehead atoms. The predicted octanol–water partition coefficient (Wildman–Crippen LogP) is 1.66. The van der Waals surface area contributed by atoms with Crippen LogP contribution < -0.4 is 0 Å². The number of hydrogen-bond donors (Lipinski definition) is 0. The number of allylic oxidation sites excluding steroid dienone is 2. The van der Waals surface area contributed by atoms with Crippen LogP contribution in [0.5, 0.6) is 0 Å². The van der Waals surface area contributed by atoms with Gasteiger partial charge in [0.2, 0.25) is 0 Å². The van der Waals surface area contributed by atoms with Gasteiger partial charge in [0.15, 0.2) is 0 Å². The minimum atomic E-state index is -3.68. The number of rotatable bonds is 7. The lowest BCUT2D eigenvalue weighted by atomic mass is 10.8. The first-order chi connectivity index (χ1) is 6.39. The van der Waals surface area contributed by atoms with Gasteiger partial charge in [-0.05, 0) is 0 Å². The standard InChI is InChI=1S/C8H15O4PS/c1-4-6-13(9,7-5-2)8-14(10,11)12-3/h4-5H,1-2,6-8H2,3H3. The van der Waals surface area contributed by atoms with Crippen LogP contribution in [0.1, 0.15) is 0 Å². The highest BCUT2D eigenvalue weighted by Crippen LogP contribution is 2.46. The van der Waals surface area contributed by atoms with Gasteiger partial charge in [-0.2, -0.15) is 8.42 Å². The quantitative estimate of drug-likeness (QED) is 0.384. The molecule has 0 aliphatic carbocycles. The first kappa shape index (κ1) is 13.6. The first-order valence-electron chi connectivity index (χ1n) is 3.96. The van der Waals surface area contributed by atoms with Crippen molar-refractivity contribution in [1.29, 1.82) is 0 Å². The summed E-state index contributed by atoms with van der Waals surface area (Å²) in [5, 5.41) is 0. The molecule has 0 aromatic heterocycles. The normalized spacial score (nSPS) is 12.4. The molecule has 0 atom stereocenters. The molecule has 0 saturated carbocycles. The van der Waals surface area contributed by atoms with E-state index in [9.17, 15) is 13.0 Å². The van der Waals surface area contributed by atoms with Crippen LogP contribution in [0.3, 0.4) is 0 Å². The highest BCUT2D eigenvalue weighted by molar-refractivity contribution is 7.95. The fourth-order valence-corrected chi connectivity index (χ4v) is 5.65. The summed E-state index contributed by atoms with van der Waals surface area (Å²) in [6, 6.07) is 0. The molecule has 4 nitrogen and oxygen atoms in total. The van der Waals surface area contributed by atoms with E-state index in [0.717, 1.165) is 7.11 Å². The summed E-state index contributed by atoms with van der Waals surface area (Å²) in [5.41, 5.74) is -0.450. The van der Waals surface area contributed by atoms with E-state index in [1.165, 1.54) is 12.2 Å². The molecule has 0 aromatic carbocycles. The maximum atomic E-state index is 12.0. The Hall–Kier alpha value is -0.380. The molecule has 0 N–H and O–H groups in total. The van der Waals surface area contributed by atoms with Crippen LogP contribution in [-0.4, -0.2) is 33.3 Å². The van der Waals surface area contributed by atoms with E-state index < -0.39 is 22.8 Å². The Kier molecular flexibility index (Phi) is 5.34. The van der Waals surface area contributed by atoms with E-state index in [-0.39, 0.29) is 12.3 Å². The SMILES string of the molecule is C=CCP(=O)(CC=C)CS(=O)(=O)OC. The van der Waals surface area contributed by atoms with Crippen molar-refractivity contribution in [3.8, 4) is 0 Å². The Bertz CT molecular complexity index is 330. The second-order valence-corrected chi connectivity index (χ2v) is 8.18. The monoisotopic (exact) mass is 238 g/mol. The third kappa shape index (κ3) is 4.74. The van der Waals surface area contributed by atoms with E-state index in [0.29, 0.717) is 0 Å². The molecule has 0 fully saturated rings. The third-order valence-electron chi connectivity index (χ3n) is 1.57. The van der Waals surface area contributed by atoms with E-state index in [2.05, 4.69) is 17.3 Å². The van der Waals surface area contributed by atoms with Crippen molar-refractivity contribution < 1.29 is 17.2 Å². The zero-order chi connectivity index (χ0) is 11.2. The number of hydrogen-bond acceptors (Lipinski definition) is 4. The summed E-state index contributed by atoms with van der Waals surface area (Å²) in [6.45, 7) is 6.88. The van der Waals surface area contributed by atoms with E-state index in [1.807, 2.05) is 0 Å². The Morgan fingerprint density at radius 2 is 1.71 bits per heavy atom. The third-order valence-corrected chi connectivity index (χ3v) is 7.07. The van der Waals surface area contributed by atoms with Gasteiger partial charge in [-0.1, -0.05) is 12.2 Å². The van der Waals surface area contributed by atoms with E-state index in [4.69, 9.17) is 0 Å². The van der Waals surface area contributed by atoms with Crippen molar-refractivity contribution in [2.24, 2.45) is 0 Å². The lowest BCUT2D eigenvalue weighted by molar-refractivity contribution is 0.401. The minimum absolute atomic E-state index is 0.182. The summed E-state index contributed by atoms with van der Waals surface area (Å²) in [4.78, 5) is 0. The summed E-state index contributed by atoms with van der Waals surface area (Å²) in [5.74, 6) is 0. The average Bonchev–Trinajstić information content (AvgIpc) is 2.03. The van der Waals surface area contributed by atoms with Gasteiger partial charge in [0.25, 0.3) is 10.1 Å². The second-order valence-electron chi connectivity index (χ2n) is 2.85. The fourth-order valence-electron chi connectivity index (χ4n) is 0.991. The molecule has 82 valence electrons. The lowest BCUT2D eigenvalue weighted by Crippen LogP contribution is -2.11. The Morgan fingerprint density at radius 3 is 2.00 bits per heavy atom. The van der Waals surface area contributed by atoms with Crippen molar-refractivity contribution in [3.05, 3.63) is 25.3 Å². The topological polar surface area (TPSA) is 60.4 Å². The average molecular weight is 238 g/mol. The highest BCUT2D eigenvalue weighted by atomic mass is 32.2. The minimum Gasteiger partial charge on any atom is -0.322 e. The Balaban J connectivity index is 4.77. The summed E-state index contributed by atoms with van der Waals surface area (Å²) < 4.78 is 38.4. The van der Waals surface area contributed by atoms with Crippen LogP contribution in [0.2, 0.25) is 0 Å². The highest BCUT2D eigenvalue weighted by Gasteiger charge is 2.26. The predicted molar refractivity (Wildman–Crippen MR) is 58.5 cm³/mol. The molecule has 0 amide bonds. The largest absolute Gasteiger partial charge is 0.322 e. The zero-order valence-corrected chi connectivity index (χ0v) is 9.89. The maximum Gasteiger partial charge on any atom is 0.274 e. The van der Waals surface area contributed by atoms with Gasteiger partial charge >= 0.3 is 0 Å². The van der Waals surface area contributed by atoms with E-state index >= 15 is 0 Å². The fraction of sp³-hybridized carbons (Fsp3) is 0.500. The zero-order valence-electron chi connectivity index (χ0n) is 8.18. The molecule has 14 heavy (non-hydrogen) atoms. The van der Waals surface area contributed by atoms with Crippen molar-refractivity contribution >= 4 is 17.3 Å². The molecule has 6 heteroatoms. The summed E-state index contributed by atoms with van der Waals surface area (Å²) in [7, 11) is -5.43. The van der Waals surface area contributed by atoms with Gasteiger partial charge in [0.1, 0.15) is 12.6 Å². The van der Waals surface area contributed by atoms with Gasteiger partial charge in [-0.25, -0.2) is 0 Å². The summed E-state index contributed by atoms with van der Waals surface area (Å²) >= 11 is 0. The second kappa shape index (κ2) is 5.49. The molecule has 0 heterocycles. The molecule has 0 spiro atoms. The first-order valence-corrected chi connectivity index (χ1v) is 7.80. The van der Waals surface area contributed by atoms with Crippen molar-refractivity contribution in [2.75, 3.05) is 24.9 Å². The van der Waals surface area contributed by atoms with Gasteiger partial charge in [0, 0.05) is 12.3 Å². The van der Waals surface area contributed by atoms with Gasteiger partial charge in [-0.15, -0.1) is 13.2 Å². The smallest absolute Gasteiger partial charge is 0.274 e. The van der Waals surface area contributed by atoms with Crippen LogP contribution in [0.4, 0.5) is 0 Å². The van der Waals surface area contributed by atoms with E-state index in [1.54, 1.807) is 0 Å². The van der Waals surface area contributed by atoms with Crippen LogP contribution in [-0.2, 0) is 18.9 Å². The van der Waals surface area contributed by atoms with Gasteiger partial charge in [0.05, 0.1) is 7.11 Å². The van der Waals surface area contributed by atoms with Crippen molar-refractivity contribution in [1.82, 2.24) is 0 Å².